The molecule has 9 heteroatoms. The number of halogens is 1. The minimum Gasteiger partial charge on any atom is -0.493 e. The summed E-state index contributed by atoms with van der Waals surface area (Å²) in [5.74, 6) is 2.36. The van der Waals surface area contributed by atoms with Gasteiger partial charge in [-0.3, -0.25) is 4.90 Å². The summed E-state index contributed by atoms with van der Waals surface area (Å²) >= 11 is 0. The van der Waals surface area contributed by atoms with Crippen molar-refractivity contribution in [3.63, 3.8) is 0 Å². The maximum absolute atomic E-state index is 5.45. The molecular weight excluding hydrogens is 440 g/mol. The van der Waals surface area contributed by atoms with Crippen molar-refractivity contribution in [2.24, 2.45) is 0 Å². The van der Waals surface area contributed by atoms with Gasteiger partial charge in [-0.15, -0.1) is 17.5 Å². The number of nitrogens with zero attached hydrogens (tertiary/aromatic N) is 6. The third-order valence-corrected chi connectivity index (χ3v) is 6.20. The van der Waals surface area contributed by atoms with Gasteiger partial charge in [0.1, 0.15) is 0 Å². The van der Waals surface area contributed by atoms with Gasteiger partial charge >= 0.3 is 0 Å². The standard InChI is InChI=1S/C24H32N6O2.ClH/c1-4-28-14-16-29(17-15-28)23(20-8-6-5-7-9-20)24-25-26-27-30(24)13-12-19-10-11-21(31-2)22(18-19)32-3;/h5-11,18,23H,4,12-17H2,1-3H3;1H. The number of likely N-dealkylation sites (N-methyl/N-ethyl adjacent to an activating group) is 1. The number of tetrazole rings is 1. The van der Waals surface area contributed by atoms with Crippen molar-refractivity contribution in [1.82, 2.24) is 30.0 Å². The predicted molar refractivity (Wildman–Crippen MR) is 130 cm³/mol. The third-order valence-electron chi connectivity index (χ3n) is 6.20. The van der Waals surface area contributed by atoms with Gasteiger partial charge in [0.15, 0.2) is 17.3 Å². The maximum atomic E-state index is 5.45. The molecule has 1 saturated heterocycles. The molecule has 0 N–H and O–H groups in total. The van der Waals surface area contributed by atoms with Crippen LogP contribution in [0.15, 0.2) is 48.5 Å². The summed E-state index contributed by atoms with van der Waals surface area (Å²) in [6.07, 6.45) is 0.795. The molecule has 33 heavy (non-hydrogen) atoms. The zero-order valence-electron chi connectivity index (χ0n) is 19.6. The number of methoxy groups -OCH3 is 2. The van der Waals surface area contributed by atoms with Crippen LogP contribution in [0.2, 0.25) is 0 Å². The molecule has 1 atom stereocenters. The van der Waals surface area contributed by atoms with E-state index in [9.17, 15) is 0 Å². The lowest BCUT2D eigenvalue weighted by molar-refractivity contribution is 0.108. The molecule has 0 spiro atoms. The highest BCUT2D eigenvalue weighted by Crippen LogP contribution is 2.29. The fourth-order valence-electron chi connectivity index (χ4n) is 4.33. The van der Waals surface area contributed by atoms with Gasteiger partial charge in [-0.2, -0.15) is 0 Å². The normalized spacial score (nSPS) is 15.6. The SMILES string of the molecule is CCN1CCN(C(c2ccccc2)c2nnnn2CCc2ccc(OC)c(OC)c2)CC1.Cl. The van der Waals surface area contributed by atoms with Crippen LogP contribution in [0, 0.1) is 0 Å². The lowest BCUT2D eigenvalue weighted by Crippen LogP contribution is -2.48. The number of aryl methyl sites for hydroxylation is 2. The fraction of sp³-hybridized carbons (Fsp3) is 0.458. The Labute approximate surface area is 201 Å². The van der Waals surface area contributed by atoms with Gasteiger partial charge in [0.25, 0.3) is 0 Å². The molecule has 1 aliphatic rings. The van der Waals surface area contributed by atoms with Crippen LogP contribution in [-0.2, 0) is 13.0 Å². The molecule has 3 aromatic rings. The van der Waals surface area contributed by atoms with Crippen LogP contribution in [0.5, 0.6) is 11.5 Å². The summed E-state index contributed by atoms with van der Waals surface area (Å²) in [6, 6.07) is 16.6. The molecule has 0 radical (unpaired) electrons. The second-order valence-electron chi connectivity index (χ2n) is 7.98. The second-order valence-corrected chi connectivity index (χ2v) is 7.98. The van der Waals surface area contributed by atoms with Crippen molar-refractivity contribution in [3.8, 4) is 11.5 Å². The van der Waals surface area contributed by atoms with Gasteiger partial charge in [-0.25, -0.2) is 4.68 Å². The van der Waals surface area contributed by atoms with Gasteiger partial charge in [-0.1, -0.05) is 43.3 Å². The summed E-state index contributed by atoms with van der Waals surface area (Å²) in [4.78, 5) is 4.98. The average Bonchev–Trinajstić information content (AvgIpc) is 3.31. The first-order chi connectivity index (χ1) is 15.7. The summed E-state index contributed by atoms with van der Waals surface area (Å²) in [5.41, 5.74) is 2.37. The molecule has 0 amide bonds. The van der Waals surface area contributed by atoms with Crippen LogP contribution in [0.4, 0.5) is 0 Å². The fourth-order valence-corrected chi connectivity index (χ4v) is 4.33. The topological polar surface area (TPSA) is 68.5 Å². The van der Waals surface area contributed by atoms with E-state index < -0.39 is 0 Å². The molecule has 0 bridgehead atoms. The smallest absolute Gasteiger partial charge is 0.173 e. The number of rotatable bonds is 9. The first-order valence-corrected chi connectivity index (χ1v) is 11.2. The lowest BCUT2D eigenvalue weighted by Gasteiger charge is -2.38. The zero-order chi connectivity index (χ0) is 22.3. The van der Waals surface area contributed by atoms with E-state index in [1.165, 1.54) is 5.56 Å². The van der Waals surface area contributed by atoms with Gasteiger partial charge in [0.2, 0.25) is 0 Å². The van der Waals surface area contributed by atoms with Crippen molar-refractivity contribution < 1.29 is 9.47 Å². The summed E-state index contributed by atoms with van der Waals surface area (Å²) in [5, 5.41) is 12.9. The van der Waals surface area contributed by atoms with E-state index in [0.29, 0.717) is 6.54 Å². The van der Waals surface area contributed by atoms with Crippen molar-refractivity contribution in [2.45, 2.75) is 25.9 Å². The van der Waals surface area contributed by atoms with Crippen molar-refractivity contribution >= 4 is 12.4 Å². The van der Waals surface area contributed by atoms with Crippen LogP contribution in [0.3, 0.4) is 0 Å². The van der Waals surface area contributed by atoms with Gasteiger partial charge in [0.05, 0.1) is 20.3 Å². The Balaban J connectivity index is 0.00000306. The number of ether oxygens (including phenoxy) is 2. The minimum atomic E-state index is 0. The van der Waals surface area contributed by atoms with E-state index in [4.69, 9.17) is 9.47 Å². The van der Waals surface area contributed by atoms with Crippen molar-refractivity contribution in [2.75, 3.05) is 46.9 Å². The quantitative estimate of drug-likeness (QED) is 0.474. The first kappa shape index (κ1) is 25.0. The largest absolute Gasteiger partial charge is 0.493 e. The van der Waals surface area contributed by atoms with Gasteiger partial charge in [0, 0.05) is 32.7 Å². The van der Waals surface area contributed by atoms with E-state index in [1.54, 1.807) is 14.2 Å². The molecule has 1 aliphatic heterocycles. The van der Waals surface area contributed by atoms with Crippen LogP contribution < -0.4 is 9.47 Å². The number of piperazine rings is 1. The van der Waals surface area contributed by atoms with Gasteiger partial charge < -0.3 is 14.4 Å². The molecule has 1 aromatic heterocycles. The van der Waals surface area contributed by atoms with Crippen LogP contribution in [-0.4, -0.2) is 77.0 Å². The van der Waals surface area contributed by atoms with Gasteiger partial charge in [-0.05, 0) is 46.7 Å². The highest BCUT2D eigenvalue weighted by molar-refractivity contribution is 5.85. The first-order valence-electron chi connectivity index (χ1n) is 11.2. The zero-order valence-corrected chi connectivity index (χ0v) is 20.4. The Hall–Kier alpha value is -2.68. The van der Waals surface area contributed by atoms with Crippen LogP contribution in [0.1, 0.15) is 29.9 Å². The molecule has 0 aliphatic carbocycles. The van der Waals surface area contributed by atoms with E-state index in [1.807, 2.05) is 16.8 Å². The molecule has 178 valence electrons. The number of benzene rings is 2. The molecule has 4 rings (SSSR count). The summed E-state index contributed by atoms with van der Waals surface area (Å²) < 4.78 is 12.7. The van der Waals surface area contributed by atoms with E-state index in [0.717, 1.165) is 62.0 Å². The lowest BCUT2D eigenvalue weighted by atomic mass is 10.0. The Morgan fingerprint density at radius 1 is 0.939 bits per heavy atom. The predicted octanol–water partition coefficient (Wildman–Crippen LogP) is 3.08. The average molecular weight is 473 g/mol. The van der Waals surface area contributed by atoms with E-state index in [2.05, 4.69) is 68.6 Å². The molecule has 8 nitrogen and oxygen atoms in total. The Kier molecular flexibility index (Phi) is 9.05. The molecule has 0 saturated carbocycles. The van der Waals surface area contributed by atoms with Crippen LogP contribution in [0.25, 0.3) is 0 Å². The third kappa shape index (κ3) is 5.82. The van der Waals surface area contributed by atoms with Crippen molar-refractivity contribution in [1.29, 1.82) is 0 Å². The monoisotopic (exact) mass is 472 g/mol. The van der Waals surface area contributed by atoms with E-state index >= 15 is 0 Å². The molecule has 1 fully saturated rings. The maximum Gasteiger partial charge on any atom is 0.173 e. The summed E-state index contributed by atoms with van der Waals surface area (Å²) in [7, 11) is 3.30. The molecular formula is C24H33ClN6O2. The highest BCUT2D eigenvalue weighted by atomic mass is 35.5. The molecule has 1 unspecified atom stereocenters. The Morgan fingerprint density at radius 3 is 2.33 bits per heavy atom. The van der Waals surface area contributed by atoms with Crippen LogP contribution >= 0.6 is 12.4 Å². The second kappa shape index (κ2) is 12.0. The number of aromatic nitrogens is 4. The molecule has 2 aromatic carbocycles. The number of hydrogen-bond acceptors (Lipinski definition) is 7. The van der Waals surface area contributed by atoms with E-state index in [-0.39, 0.29) is 18.4 Å². The number of hydrogen-bond donors (Lipinski definition) is 0. The summed E-state index contributed by atoms with van der Waals surface area (Å²) in [6.45, 7) is 8.12. The minimum absolute atomic E-state index is 0. The highest BCUT2D eigenvalue weighted by Gasteiger charge is 2.30. The van der Waals surface area contributed by atoms with Crippen molar-refractivity contribution in [3.05, 3.63) is 65.5 Å². The molecule has 2 heterocycles. The Morgan fingerprint density at radius 2 is 1.67 bits per heavy atom. The Bertz CT molecular complexity index is 992.